The molecule has 5 aliphatic carbocycles. The fourth-order valence-corrected chi connectivity index (χ4v) is 8.95. The summed E-state index contributed by atoms with van der Waals surface area (Å²) in [6, 6.07) is 2.25. The van der Waals surface area contributed by atoms with Gasteiger partial charge in [-0.15, -0.1) is 0 Å². The van der Waals surface area contributed by atoms with E-state index in [1.165, 1.54) is 0 Å². The monoisotopic (exact) mass is 511 g/mol. The number of rotatable bonds is 4. The number of aliphatic hydroxyl groups is 4. The number of hydrogen-bond donors (Lipinski definition) is 4. The van der Waals surface area contributed by atoms with Crippen LogP contribution in [0.3, 0.4) is 0 Å². The first-order valence-electron chi connectivity index (χ1n) is 13.8. The Morgan fingerprint density at radius 2 is 1.86 bits per heavy atom. The molecular formula is C30H41NO6. The number of carbonyl (C=O) groups is 1. The van der Waals surface area contributed by atoms with Gasteiger partial charge in [-0.05, 0) is 80.4 Å². The van der Waals surface area contributed by atoms with Crippen LogP contribution >= 0.6 is 0 Å². The Labute approximate surface area is 218 Å². The Hall–Kier alpha value is -1.93. The van der Waals surface area contributed by atoms with Crippen molar-refractivity contribution in [1.29, 1.82) is 0 Å². The second kappa shape index (κ2) is 7.81. The van der Waals surface area contributed by atoms with Crippen LogP contribution in [0.2, 0.25) is 0 Å². The number of aliphatic hydroxyl groups excluding tert-OH is 3. The van der Waals surface area contributed by atoms with Crippen LogP contribution in [0.25, 0.3) is 0 Å². The first-order chi connectivity index (χ1) is 17.3. The third kappa shape index (κ3) is 3.06. The summed E-state index contributed by atoms with van der Waals surface area (Å²) in [5, 5.41) is 46.7. The molecule has 4 N–H and O–H groups in total. The lowest BCUT2D eigenvalue weighted by atomic mass is 9.58. The zero-order valence-corrected chi connectivity index (χ0v) is 22.7. The predicted molar refractivity (Wildman–Crippen MR) is 138 cm³/mol. The zero-order valence-electron chi connectivity index (χ0n) is 22.7. The van der Waals surface area contributed by atoms with Gasteiger partial charge in [0.1, 0.15) is 11.7 Å². The third-order valence-corrected chi connectivity index (χ3v) is 11.0. The molecule has 0 radical (unpaired) electrons. The van der Waals surface area contributed by atoms with E-state index in [0.29, 0.717) is 23.1 Å². The van der Waals surface area contributed by atoms with Crippen molar-refractivity contribution in [2.75, 3.05) is 6.61 Å². The van der Waals surface area contributed by atoms with E-state index in [2.05, 4.69) is 18.4 Å². The maximum absolute atomic E-state index is 13.6. The van der Waals surface area contributed by atoms with E-state index < -0.39 is 41.9 Å². The molecule has 0 aliphatic heterocycles. The van der Waals surface area contributed by atoms with E-state index in [1.54, 1.807) is 13.0 Å². The van der Waals surface area contributed by atoms with Crippen LogP contribution in [-0.4, -0.2) is 61.5 Å². The average molecular weight is 512 g/mol. The van der Waals surface area contributed by atoms with Gasteiger partial charge in [-0.25, -0.2) is 4.79 Å². The van der Waals surface area contributed by atoms with Crippen LogP contribution in [0.4, 0.5) is 0 Å². The van der Waals surface area contributed by atoms with Crippen molar-refractivity contribution >= 4 is 5.97 Å². The summed E-state index contributed by atoms with van der Waals surface area (Å²) >= 11 is 0. The Morgan fingerprint density at radius 1 is 1.19 bits per heavy atom. The molecule has 37 heavy (non-hydrogen) atoms. The highest BCUT2D eigenvalue weighted by molar-refractivity contribution is 5.91. The van der Waals surface area contributed by atoms with E-state index in [1.807, 2.05) is 32.9 Å². The lowest BCUT2D eigenvalue weighted by Crippen LogP contribution is -2.66. The molecule has 0 saturated heterocycles. The van der Waals surface area contributed by atoms with Gasteiger partial charge in [0.25, 0.3) is 0 Å². The zero-order chi connectivity index (χ0) is 26.8. The van der Waals surface area contributed by atoms with Crippen molar-refractivity contribution in [2.45, 2.75) is 90.8 Å². The van der Waals surface area contributed by atoms with Crippen molar-refractivity contribution in [3.8, 4) is 0 Å². The van der Waals surface area contributed by atoms with Gasteiger partial charge in [0.2, 0.25) is 0 Å². The Bertz CT molecular complexity index is 1220. The minimum atomic E-state index is -2.02. The van der Waals surface area contributed by atoms with Crippen molar-refractivity contribution in [1.82, 2.24) is 4.57 Å². The number of aryl methyl sites for hydroxylation is 1. The fourth-order valence-electron chi connectivity index (χ4n) is 8.95. The highest BCUT2D eigenvalue weighted by Crippen LogP contribution is 2.72. The highest BCUT2D eigenvalue weighted by Gasteiger charge is 2.76. The molecule has 1 aromatic rings. The molecule has 1 heterocycles. The molecule has 5 aliphatic rings. The van der Waals surface area contributed by atoms with Crippen LogP contribution in [-0.2, 0) is 4.74 Å². The summed E-state index contributed by atoms with van der Waals surface area (Å²) in [6.45, 7) is 11.7. The normalized spacial score (nSPS) is 43.7. The van der Waals surface area contributed by atoms with Gasteiger partial charge < -0.3 is 29.7 Å². The van der Waals surface area contributed by atoms with Gasteiger partial charge >= 0.3 is 5.97 Å². The number of hydrogen-bond acceptors (Lipinski definition) is 6. The van der Waals surface area contributed by atoms with Crippen LogP contribution in [0.5, 0.6) is 0 Å². The number of esters is 1. The predicted octanol–water partition coefficient (Wildman–Crippen LogP) is 3.22. The molecule has 1 unspecified atom stereocenters. The maximum atomic E-state index is 13.6. The first-order valence-corrected chi connectivity index (χ1v) is 13.8. The van der Waals surface area contributed by atoms with Crippen LogP contribution in [0.1, 0.15) is 74.7 Å². The molecule has 2 bridgehead atoms. The molecule has 202 valence electrons. The second-order valence-electron chi connectivity index (χ2n) is 13.2. The van der Waals surface area contributed by atoms with E-state index in [0.717, 1.165) is 30.7 Å². The molecule has 0 aromatic carbocycles. The number of aromatic nitrogens is 1. The van der Waals surface area contributed by atoms with Gasteiger partial charge in [-0.3, -0.25) is 0 Å². The van der Waals surface area contributed by atoms with Gasteiger partial charge in [0, 0.05) is 23.3 Å². The van der Waals surface area contributed by atoms with Gasteiger partial charge in [0.05, 0.1) is 23.7 Å². The number of nitrogens with zero attached hydrogens (tertiary/aromatic N) is 1. The van der Waals surface area contributed by atoms with E-state index in [4.69, 9.17) is 4.74 Å². The molecule has 7 nitrogen and oxygen atoms in total. The van der Waals surface area contributed by atoms with E-state index in [-0.39, 0.29) is 28.7 Å². The summed E-state index contributed by atoms with van der Waals surface area (Å²) in [7, 11) is 0. The third-order valence-electron chi connectivity index (χ3n) is 11.0. The number of carbonyl (C=O) groups excluding carboxylic acids is 1. The molecule has 0 amide bonds. The van der Waals surface area contributed by atoms with Gasteiger partial charge in [0.15, 0.2) is 6.10 Å². The Kier molecular flexibility index (Phi) is 5.35. The van der Waals surface area contributed by atoms with E-state index >= 15 is 0 Å². The summed E-state index contributed by atoms with van der Waals surface area (Å²) in [4.78, 5) is 13.6. The number of ether oxygens (including phenoxy) is 1. The molecule has 3 fully saturated rings. The summed E-state index contributed by atoms with van der Waals surface area (Å²) in [5.41, 5.74) is -0.0274. The van der Waals surface area contributed by atoms with Crippen LogP contribution in [0.15, 0.2) is 29.4 Å². The fraction of sp³-hybridized carbons (Fsp3) is 0.700. The van der Waals surface area contributed by atoms with Crippen molar-refractivity contribution in [3.05, 3.63) is 46.3 Å². The average Bonchev–Trinajstić information content (AvgIpc) is 3.72. The molecule has 7 heteroatoms. The summed E-state index contributed by atoms with van der Waals surface area (Å²) in [6.07, 6.45) is 2.98. The number of fused-ring (bicyclic) bond motifs is 3. The molecule has 3 saturated carbocycles. The van der Waals surface area contributed by atoms with Crippen molar-refractivity contribution in [3.63, 3.8) is 0 Å². The standard InChI is InChI=1S/C30H41NO6/c1-14-12-29-15(2)9-22-23(28(22,5)6)21(25(29)34)11-18(13-32)24(33)30(29,36)26(14)37-27(35)20-10-16(3)31(17(20)4)19-7-8-19/h10-12,15,19,21-26,32-34,36H,7-9,13H2,1-6H3/t15-,21+,22-,23+,24-,25?,26+,29+,30+/m1/s1. The second-order valence-corrected chi connectivity index (χ2v) is 13.2. The Balaban J connectivity index is 1.43. The smallest absolute Gasteiger partial charge is 0.340 e. The van der Waals surface area contributed by atoms with E-state index in [9.17, 15) is 25.2 Å². The summed E-state index contributed by atoms with van der Waals surface area (Å²) < 4.78 is 8.28. The lowest BCUT2D eigenvalue weighted by molar-refractivity contribution is -0.215. The molecule has 1 spiro atoms. The van der Waals surface area contributed by atoms with Crippen molar-refractivity contribution in [2.24, 2.45) is 34.5 Å². The molecule has 1 aromatic heterocycles. The Morgan fingerprint density at radius 3 is 2.49 bits per heavy atom. The minimum Gasteiger partial charge on any atom is -0.451 e. The van der Waals surface area contributed by atoms with Crippen LogP contribution in [0, 0.1) is 48.3 Å². The molecule has 6 rings (SSSR count). The topological polar surface area (TPSA) is 112 Å². The quantitative estimate of drug-likeness (QED) is 0.365. The lowest BCUT2D eigenvalue weighted by Gasteiger charge is -2.52. The first kappa shape index (κ1) is 25.4. The summed E-state index contributed by atoms with van der Waals surface area (Å²) in [5.74, 6) is -0.521. The molecule has 9 atom stereocenters. The molecular weight excluding hydrogens is 470 g/mol. The largest absolute Gasteiger partial charge is 0.451 e. The SMILES string of the molecule is CC1=C[C@]23C(O)[C@@H](C=C(CO)[C@@H](O)[C@]2(O)[C@H]1OC(=O)c1cc(C)n(C2CC2)c1C)[C@H]1[C@@H](C[C@H]3C)C1(C)C. The maximum Gasteiger partial charge on any atom is 0.340 e. The minimum absolute atomic E-state index is 0.0271. The van der Waals surface area contributed by atoms with Gasteiger partial charge in [-0.2, -0.15) is 0 Å². The van der Waals surface area contributed by atoms with Gasteiger partial charge in [-0.1, -0.05) is 32.9 Å². The van der Waals surface area contributed by atoms with Crippen molar-refractivity contribution < 1.29 is 30.0 Å². The highest BCUT2D eigenvalue weighted by atomic mass is 16.6. The van der Waals surface area contributed by atoms with Crippen LogP contribution < -0.4 is 0 Å².